The summed E-state index contributed by atoms with van der Waals surface area (Å²) in [5.41, 5.74) is 4.14. The summed E-state index contributed by atoms with van der Waals surface area (Å²) in [5.74, 6) is 1.73. The number of halogens is 2. The molecule has 0 saturated heterocycles. The molecule has 2 aliphatic rings. The Morgan fingerprint density at radius 2 is 1.84 bits per heavy atom. The van der Waals surface area contributed by atoms with Gasteiger partial charge in [0.05, 0.1) is 17.9 Å². The van der Waals surface area contributed by atoms with Gasteiger partial charge in [-0.05, 0) is 67.9 Å². The van der Waals surface area contributed by atoms with Crippen molar-refractivity contribution in [3.63, 3.8) is 0 Å². The highest BCUT2D eigenvalue weighted by molar-refractivity contribution is 9.10. The molecule has 6 heteroatoms. The lowest BCUT2D eigenvalue weighted by atomic mass is 9.96. The predicted molar refractivity (Wildman–Crippen MR) is 127 cm³/mol. The second-order valence-electron chi connectivity index (χ2n) is 8.01. The highest BCUT2D eigenvalue weighted by atomic mass is 79.9. The van der Waals surface area contributed by atoms with Crippen LogP contribution in [0.25, 0.3) is 0 Å². The number of benzene rings is 3. The molecule has 0 spiro atoms. The van der Waals surface area contributed by atoms with Crippen LogP contribution in [0.3, 0.4) is 0 Å². The van der Waals surface area contributed by atoms with E-state index in [1.807, 2.05) is 67.4 Å². The molecule has 0 aromatic heterocycles. The molecule has 0 bridgehead atoms. The molecule has 158 valence electrons. The maximum atomic E-state index is 6.54. The van der Waals surface area contributed by atoms with Gasteiger partial charge in [-0.3, -0.25) is 0 Å². The second-order valence-corrected chi connectivity index (χ2v) is 9.33. The van der Waals surface area contributed by atoms with E-state index >= 15 is 0 Å². The van der Waals surface area contributed by atoms with Crippen molar-refractivity contribution < 1.29 is 9.47 Å². The molecule has 0 fully saturated rings. The molecule has 0 aliphatic carbocycles. The monoisotopic (exact) mass is 496 g/mol. The lowest BCUT2D eigenvalue weighted by Gasteiger charge is -2.38. The molecule has 0 N–H and O–H groups in total. The van der Waals surface area contributed by atoms with E-state index in [0.29, 0.717) is 5.02 Å². The van der Waals surface area contributed by atoms with E-state index in [9.17, 15) is 0 Å². The Kier molecular flexibility index (Phi) is 5.40. The smallest absolute Gasteiger partial charge is 0.215 e. The molecule has 2 atom stereocenters. The number of hydrogen-bond acceptors (Lipinski definition) is 4. The minimum atomic E-state index is -0.381. The number of hydrazone groups is 1. The molecule has 0 unspecified atom stereocenters. The van der Waals surface area contributed by atoms with E-state index < -0.39 is 0 Å². The van der Waals surface area contributed by atoms with Gasteiger partial charge in [0.15, 0.2) is 0 Å². The Balaban J connectivity index is 1.54. The Hall–Kier alpha value is -2.50. The number of nitrogens with zero attached hydrogens (tertiary/aromatic N) is 2. The van der Waals surface area contributed by atoms with Gasteiger partial charge in [-0.25, -0.2) is 5.01 Å². The molecular formula is C25H22BrClN2O2. The SMILES string of the molecule is CC(C)Oc1ccc(C2=NN3[C@@H](c4ccccc4Cl)Oc4ccc(Br)cc4[C@@H]3C2)cc1. The normalized spacial score (nSPS) is 19.5. The van der Waals surface area contributed by atoms with Gasteiger partial charge in [-0.1, -0.05) is 45.7 Å². The van der Waals surface area contributed by atoms with Gasteiger partial charge < -0.3 is 9.47 Å². The van der Waals surface area contributed by atoms with E-state index in [0.717, 1.165) is 44.8 Å². The van der Waals surface area contributed by atoms with Gasteiger partial charge in [-0.15, -0.1) is 0 Å². The lowest BCUT2D eigenvalue weighted by molar-refractivity contribution is -0.0190. The van der Waals surface area contributed by atoms with Crippen LogP contribution in [0.15, 0.2) is 76.3 Å². The molecule has 3 aromatic rings. The van der Waals surface area contributed by atoms with E-state index in [1.165, 1.54) is 0 Å². The summed E-state index contributed by atoms with van der Waals surface area (Å²) in [4.78, 5) is 0. The van der Waals surface area contributed by atoms with Crippen molar-refractivity contribution in [1.29, 1.82) is 0 Å². The second kappa shape index (κ2) is 8.21. The molecule has 3 aromatic carbocycles. The Morgan fingerprint density at radius 3 is 2.58 bits per heavy atom. The summed E-state index contributed by atoms with van der Waals surface area (Å²) in [7, 11) is 0. The van der Waals surface area contributed by atoms with Crippen molar-refractivity contribution in [3.05, 3.63) is 92.9 Å². The highest BCUT2D eigenvalue weighted by Crippen LogP contribution is 2.49. The molecular weight excluding hydrogens is 476 g/mol. The van der Waals surface area contributed by atoms with Crippen LogP contribution in [0.2, 0.25) is 5.02 Å². The molecule has 0 radical (unpaired) electrons. The first kappa shape index (κ1) is 20.4. The Labute approximate surface area is 195 Å². The number of fused-ring (bicyclic) bond motifs is 3. The summed E-state index contributed by atoms with van der Waals surface area (Å²) in [6, 6.07) is 22.1. The molecule has 31 heavy (non-hydrogen) atoms. The van der Waals surface area contributed by atoms with Crippen LogP contribution in [0.4, 0.5) is 0 Å². The van der Waals surface area contributed by atoms with E-state index in [-0.39, 0.29) is 18.4 Å². The quantitative estimate of drug-likeness (QED) is 0.384. The van der Waals surface area contributed by atoms with Crippen molar-refractivity contribution in [2.45, 2.75) is 38.6 Å². The van der Waals surface area contributed by atoms with Crippen LogP contribution < -0.4 is 9.47 Å². The third kappa shape index (κ3) is 3.92. The minimum absolute atomic E-state index is 0.0733. The van der Waals surface area contributed by atoms with Crippen LogP contribution in [0, 0.1) is 0 Å². The zero-order valence-electron chi connectivity index (χ0n) is 17.3. The van der Waals surface area contributed by atoms with Crippen LogP contribution in [-0.2, 0) is 0 Å². The lowest BCUT2D eigenvalue weighted by Crippen LogP contribution is -2.33. The molecule has 2 heterocycles. The third-order valence-corrected chi connectivity index (χ3v) is 6.32. The van der Waals surface area contributed by atoms with Gasteiger partial charge in [0, 0.05) is 27.0 Å². The van der Waals surface area contributed by atoms with Crippen molar-refractivity contribution in [2.24, 2.45) is 5.10 Å². The van der Waals surface area contributed by atoms with E-state index in [4.69, 9.17) is 26.2 Å². The maximum Gasteiger partial charge on any atom is 0.215 e. The molecule has 4 nitrogen and oxygen atoms in total. The Morgan fingerprint density at radius 1 is 1.06 bits per heavy atom. The van der Waals surface area contributed by atoms with Crippen molar-refractivity contribution >= 4 is 33.2 Å². The minimum Gasteiger partial charge on any atom is -0.491 e. The molecule has 5 rings (SSSR count). The van der Waals surface area contributed by atoms with Crippen LogP contribution in [0.5, 0.6) is 11.5 Å². The predicted octanol–water partition coefficient (Wildman–Crippen LogP) is 7.13. The largest absolute Gasteiger partial charge is 0.491 e. The van der Waals surface area contributed by atoms with Crippen molar-refractivity contribution in [2.75, 3.05) is 0 Å². The molecule has 2 aliphatic heterocycles. The van der Waals surface area contributed by atoms with Crippen LogP contribution in [0.1, 0.15) is 49.2 Å². The first-order valence-electron chi connectivity index (χ1n) is 10.3. The summed E-state index contributed by atoms with van der Waals surface area (Å²) in [6.07, 6.45) is 0.554. The zero-order valence-corrected chi connectivity index (χ0v) is 19.6. The van der Waals surface area contributed by atoms with Gasteiger partial charge in [0.25, 0.3) is 0 Å². The van der Waals surface area contributed by atoms with E-state index in [1.54, 1.807) is 0 Å². The first-order valence-corrected chi connectivity index (χ1v) is 11.5. The fourth-order valence-electron chi connectivity index (χ4n) is 4.11. The fraction of sp³-hybridized carbons (Fsp3) is 0.240. The molecule has 0 amide bonds. The topological polar surface area (TPSA) is 34.1 Å². The van der Waals surface area contributed by atoms with Crippen molar-refractivity contribution in [1.82, 2.24) is 5.01 Å². The zero-order chi connectivity index (χ0) is 21.5. The van der Waals surface area contributed by atoms with Gasteiger partial charge in [0.2, 0.25) is 6.23 Å². The highest BCUT2D eigenvalue weighted by Gasteiger charge is 2.41. The first-order chi connectivity index (χ1) is 15.0. The Bertz CT molecular complexity index is 1150. The maximum absolute atomic E-state index is 6.54. The average molecular weight is 498 g/mol. The molecule has 0 saturated carbocycles. The number of rotatable bonds is 4. The van der Waals surface area contributed by atoms with Crippen molar-refractivity contribution in [3.8, 4) is 11.5 Å². The standard InChI is InChI=1S/C25H22BrClN2O2/c1-15(2)30-18-10-7-16(8-11-18)22-14-23-20-13-17(26)9-12-24(20)31-25(29(23)28-22)19-5-3-4-6-21(19)27/h3-13,15,23,25H,14H2,1-2H3/t23-,25+/m0/s1. The third-order valence-electron chi connectivity index (χ3n) is 5.48. The number of ether oxygens (including phenoxy) is 2. The number of hydrogen-bond donors (Lipinski definition) is 0. The van der Waals surface area contributed by atoms with Crippen LogP contribution in [-0.4, -0.2) is 16.8 Å². The summed E-state index contributed by atoms with van der Waals surface area (Å²) in [6.45, 7) is 4.05. The summed E-state index contributed by atoms with van der Waals surface area (Å²) < 4.78 is 13.2. The van der Waals surface area contributed by atoms with Gasteiger partial charge >= 0.3 is 0 Å². The van der Waals surface area contributed by atoms with Gasteiger partial charge in [0.1, 0.15) is 11.5 Å². The van der Waals surface area contributed by atoms with Gasteiger partial charge in [-0.2, -0.15) is 5.10 Å². The van der Waals surface area contributed by atoms with E-state index in [2.05, 4.69) is 34.1 Å². The average Bonchev–Trinajstić information content (AvgIpc) is 3.20. The summed E-state index contributed by atoms with van der Waals surface area (Å²) in [5, 5.41) is 7.73. The fourth-order valence-corrected chi connectivity index (χ4v) is 4.72. The van der Waals surface area contributed by atoms with Crippen LogP contribution >= 0.6 is 27.5 Å². The summed E-state index contributed by atoms with van der Waals surface area (Å²) >= 11 is 10.1.